The fourth-order valence-corrected chi connectivity index (χ4v) is 2.44. The highest BCUT2D eigenvalue weighted by Crippen LogP contribution is 2.26. The maximum Gasteiger partial charge on any atom is 0.338 e. The van der Waals surface area contributed by atoms with Gasteiger partial charge < -0.3 is 5.11 Å². The largest absolute Gasteiger partial charge is 0.478 e. The first-order chi connectivity index (χ1) is 5.29. The lowest BCUT2D eigenvalue weighted by Crippen LogP contribution is -1.91. The summed E-state index contributed by atoms with van der Waals surface area (Å²) >= 11 is 2.42. The number of nitrogens with zero attached hydrogens (tertiary/aromatic N) is 2. The standard InChI is InChI=1S/C5H2N2O2S2/c8-5(9)2-1-10-4-3(2)11-7-6-4/h1H,(H,8,9). The van der Waals surface area contributed by atoms with E-state index < -0.39 is 5.97 Å². The van der Waals surface area contributed by atoms with E-state index in [0.717, 1.165) is 11.5 Å². The number of rotatable bonds is 1. The van der Waals surface area contributed by atoms with Crippen molar-refractivity contribution in [3.63, 3.8) is 0 Å². The summed E-state index contributed by atoms with van der Waals surface area (Å²) in [6.45, 7) is 0. The summed E-state index contributed by atoms with van der Waals surface area (Å²) in [5.74, 6) is -0.915. The third kappa shape index (κ3) is 0.908. The van der Waals surface area contributed by atoms with E-state index in [4.69, 9.17) is 5.11 Å². The fourth-order valence-electron chi connectivity index (χ4n) is 0.740. The second-order valence-corrected chi connectivity index (χ2v) is 3.47. The average Bonchev–Trinajstić information content (AvgIpc) is 2.41. The van der Waals surface area contributed by atoms with Crippen molar-refractivity contribution < 1.29 is 9.90 Å². The lowest BCUT2D eigenvalue weighted by molar-refractivity contribution is 0.0699. The third-order valence-electron chi connectivity index (χ3n) is 1.22. The second-order valence-electron chi connectivity index (χ2n) is 1.86. The van der Waals surface area contributed by atoms with Crippen LogP contribution in [0.15, 0.2) is 5.38 Å². The summed E-state index contributed by atoms with van der Waals surface area (Å²) in [5, 5.41) is 14.0. The summed E-state index contributed by atoms with van der Waals surface area (Å²) < 4.78 is 4.31. The van der Waals surface area contributed by atoms with E-state index >= 15 is 0 Å². The number of hydrogen-bond acceptors (Lipinski definition) is 5. The second kappa shape index (κ2) is 2.24. The maximum atomic E-state index is 10.5. The van der Waals surface area contributed by atoms with Crippen LogP contribution in [0, 0.1) is 0 Å². The number of carboxylic acids is 1. The van der Waals surface area contributed by atoms with Gasteiger partial charge in [-0.05, 0) is 11.5 Å². The van der Waals surface area contributed by atoms with Crippen molar-refractivity contribution in [2.45, 2.75) is 0 Å². The molecular weight excluding hydrogens is 184 g/mol. The molecule has 0 aromatic carbocycles. The van der Waals surface area contributed by atoms with Crippen molar-refractivity contribution in [2.24, 2.45) is 0 Å². The molecule has 0 unspecified atom stereocenters. The van der Waals surface area contributed by atoms with E-state index in [1.54, 1.807) is 5.38 Å². The van der Waals surface area contributed by atoms with Gasteiger partial charge in [-0.2, -0.15) is 0 Å². The first-order valence-corrected chi connectivity index (χ1v) is 4.37. The molecule has 1 N–H and O–H groups in total. The molecule has 2 aromatic rings. The fraction of sp³-hybridized carbons (Fsp3) is 0. The van der Waals surface area contributed by atoms with Crippen LogP contribution >= 0.6 is 22.9 Å². The minimum absolute atomic E-state index is 0.306. The van der Waals surface area contributed by atoms with Gasteiger partial charge in [0.05, 0.1) is 5.56 Å². The van der Waals surface area contributed by atoms with E-state index in [0.29, 0.717) is 15.1 Å². The van der Waals surface area contributed by atoms with E-state index in [9.17, 15) is 4.79 Å². The van der Waals surface area contributed by atoms with Crippen LogP contribution in [0.2, 0.25) is 0 Å². The monoisotopic (exact) mass is 186 g/mol. The summed E-state index contributed by atoms with van der Waals surface area (Å²) in [6.07, 6.45) is 0. The predicted molar refractivity (Wildman–Crippen MR) is 42.3 cm³/mol. The smallest absolute Gasteiger partial charge is 0.338 e. The van der Waals surface area contributed by atoms with Gasteiger partial charge in [-0.25, -0.2) is 4.79 Å². The molecular formula is C5H2N2O2S2. The molecule has 0 atom stereocenters. The SMILES string of the molecule is O=C(O)c1csc2nnsc12. The molecule has 0 bridgehead atoms. The minimum Gasteiger partial charge on any atom is -0.478 e. The molecule has 0 aliphatic heterocycles. The Morgan fingerprint density at radius 1 is 1.64 bits per heavy atom. The van der Waals surface area contributed by atoms with Gasteiger partial charge in [-0.1, -0.05) is 4.49 Å². The maximum absolute atomic E-state index is 10.5. The average molecular weight is 186 g/mol. The Bertz CT molecular complexity index is 405. The Morgan fingerprint density at radius 2 is 2.45 bits per heavy atom. The first kappa shape index (κ1) is 6.68. The quantitative estimate of drug-likeness (QED) is 0.732. The van der Waals surface area contributed by atoms with Crippen molar-refractivity contribution in [1.82, 2.24) is 9.59 Å². The summed E-state index contributed by atoms with van der Waals surface area (Å²) in [7, 11) is 0. The van der Waals surface area contributed by atoms with Gasteiger partial charge in [0.1, 0.15) is 4.70 Å². The van der Waals surface area contributed by atoms with Crippen molar-refractivity contribution in [3.05, 3.63) is 10.9 Å². The number of aromatic nitrogens is 2. The van der Waals surface area contributed by atoms with E-state index in [1.165, 1.54) is 11.3 Å². The molecule has 0 amide bonds. The Hall–Kier alpha value is -1.01. The molecule has 4 nitrogen and oxygen atoms in total. The van der Waals surface area contributed by atoms with Crippen molar-refractivity contribution >= 4 is 38.4 Å². The summed E-state index contributed by atoms with van der Waals surface area (Å²) in [6, 6.07) is 0. The topological polar surface area (TPSA) is 63.1 Å². The molecule has 0 aliphatic carbocycles. The molecule has 0 saturated heterocycles. The van der Waals surface area contributed by atoms with Gasteiger partial charge in [0.15, 0.2) is 4.83 Å². The Labute approximate surface area is 69.3 Å². The zero-order chi connectivity index (χ0) is 7.84. The normalized spacial score (nSPS) is 10.5. The number of fused-ring (bicyclic) bond motifs is 1. The molecule has 6 heteroatoms. The molecule has 0 fully saturated rings. The van der Waals surface area contributed by atoms with E-state index in [2.05, 4.69) is 9.59 Å². The van der Waals surface area contributed by atoms with Crippen molar-refractivity contribution in [3.8, 4) is 0 Å². The van der Waals surface area contributed by atoms with Crippen LogP contribution < -0.4 is 0 Å². The highest BCUT2D eigenvalue weighted by molar-refractivity contribution is 7.24. The molecule has 0 saturated carbocycles. The van der Waals surface area contributed by atoms with Gasteiger partial charge in [-0.15, -0.1) is 16.4 Å². The van der Waals surface area contributed by atoms with Crippen LogP contribution in [0.4, 0.5) is 0 Å². The van der Waals surface area contributed by atoms with Crippen molar-refractivity contribution in [2.75, 3.05) is 0 Å². The number of thiophene rings is 1. The lowest BCUT2D eigenvalue weighted by Gasteiger charge is -1.81. The van der Waals surface area contributed by atoms with Gasteiger partial charge >= 0.3 is 5.97 Å². The zero-order valence-corrected chi connectivity index (χ0v) is 6.78. The first-order valence-electron chi connectivity index (χ1n) is 2.72. The third-order valence-corrected chi connectivity index (χ3v) is 2.97. The molecule has 11 heavy (non-hydrogen) atoms. The Kier molecular flexibility index (Phi) is 1.36. The molecule has 56 valence electrons. The molecule has 0 radical (unpaired) electrons. The number of aromatic carboxylic acids is 1. The number of carbonyl (C=O) groups is 1. The molecule has 2 rings (SSSR count). The van der Waals surface area contributed by atoms with Crippen LogP contribution in [0.1, 0.15) is 10.4 Å². The highest BCUT2D eigenvalue weighted by atomic mass is 32.1. The van der Waals surface area contributed by atoms with Crippen LogP contribution in [-0.4, -0.2) is 20.7 Å². The molecule has 0 aliphatic rings. The van der Waals surface area contributed by atoms with Crippen LogP contribution in [0.25, 0.3) is 9.53 Å². The Balaban J connectivity index is 2.78. The summed E-state index contributed by atoms with van der Waals surface area (Å²) in [5.41, 5.74) is 0.306. The van der Waals surface area contributed by atoms with Crippen LogP contribution in [0.5, 0.6) is 0 Å². The van der Waals surface area contributed by atoms with Gasteiger partial charge in [0.2, 0.25) is 0 Å². The van der Waals surface area contributed by atoms with Gasteiger partial charge in [0, 0.05) is 5.38 Å². The molecule has 2 aromatic heterocycles. The molecule has 2 heterocycles. The number of hydrogen-bond donors (Lipinski definition) is 1. The lowest BCUT2D eigenvalue weighted by atomic mass is 10.3. The highest BCUT2D eigenvalue weighted by Gasteiger charge is 2.12. The van der Waals surface area contributed by atoms with E-state index in [1.807, 2.05) is 0 Å². The number of carboxylic acid groups (broad SMARTS) is 1. The van der Waals surface area contributed by atoms with Crippen molar-refractivity contribution in [1.29, 1.82) is 0 Å². The zero-order valence-electron chi connectivity index (χ0n) is 5.14. The summed E-state index contributed by atoms with van der Waals surface area (Å²) in [4.78, 5) is 11.2. The molecule has 0 spiro atoms. The minimum atomic E-state index is -0.915. The van der Waals surface area contributed by atoms with E-state index in [-0.39, 0.29) is 0 Å². The van der Waals surface area contributed by atoms with Gasteiger partial charge in [-0.3, -0.25) is 0 Å². The van der Waals surface area contributed by atoms with Crippen LogP contribution in [0.3, 0.4) is 0 Å². The Morgan fingerprint density at radius 3 is 3.18 bits per heavy atom. The van der Waals surface area contributed by atoms with Crippen LogP contribution in [-0.2, 0) is 0 Å². The predicted octanol–water partition coefficient (Wildman–Crippen LogP) is 1.45. The van der Waals surface area contributed by atoms with Gasteiger partial charge in [0.25, 0.3) is 0 Å².